The van der Waals surface area contributed by atoms with Gasteiger partial charge in [0.05, 0.1) is 6.04 Å². The SMILES string of the molecule is CCC1(CC)NC(=O)CN(C(C)c2ccc(C)o2)C1=O. The van der Waals surface area contributed by atoms with Gasteiger partial charge in [-0.1, -0.05) is 13.8 Å². The Morgan fingerprint density at radius 1 is 1.35 bits per heavy atom. The average Bonchev–Trinajstić information content (AvgIpc) is 2.87. The van der Waals surface area contributed by atoms with Crippen LogP contribution in [0.1, 0.15) is 51.2 Å². The van der Waals surface area contributed by atoms with Crippen molar-refractivity contribution in [3.05, 3.63) is 23.7 Å². The molecule has 1 fully saturated rings. The molecule has 0 spiro atoms. The maximum absolute atomic E-state index is 12.7. The molecular weight excluding hydrogens is 256 g/mol. The zero-order chi connectivity index (χ0) is 14.9. The van der Waals surface area contributed by atoms with Crippen LogP contribution in [0, 0.1) is 6.92 Å². The van der Waals surface area contributed by atoms with Crippen LogP contribution in [0.3, 0.4) is 0 Å². The molecule has 20 heavy (non-hydrogen) atoms. The van der Waals surface area contributed by atoms with E-state index in [-0.39, 0.29) is 24.4 Å². The lowest BCUT2D eigenvalue weighted by Crippen LogP contribution is -2.66. The first kappa shape index (κ1) is 14.6. The van der Waals surface area contributed by atoms with E-state index in [4.69, 9.17) is 4.42 Å². The molecule has 0 bridgehead atoms. The van der Waals surface area contributed by atoms with Crippen LogP contribution in [-0.4, -0.2) is 28.8 Å². The highest BCUT2D eigenvalue weighted by atomic mass is 16.3. The van der Waals surface area contributed by atoms with E-state index in [2.05, 4.69) is 5.32 Å². The average molecular weight is 278 g/mol. The van der Waals surface area contributed by atoms with Gasteiger partial charge in [-0.05, 0) is 38.8 Å². The van der Waals surface area contributed by atoms with E-state index >= 15 is 0 Å². The molecule has 0 aromatic carbocycles. The van der Waals surface area contributed by atoms with Gasteiger partial charge in [0, 0.05) is 0 Å². The highest BCUT2D eigenvalue weighted by molar-refractivity contribution is 5.98. The minimum absolute atomic E-state index is 0.0244. The van der Waals surface area contributed by atoms with E-state index in [1.54, 1.807) is 4.90 Å². The fourth-order valence-corrected chi connectivity index (χ4v) is 2.73. The van der Waals surface area contributed by atoms with Gasteiger partial charge in [-0.15, -0.1) is 0 Å². The second-order valence-electron chi connectivity index (χ2n) is 5.39. The van der Waals surface area contributed by atoms with Crippen LogP contribution in [-0.2, 0) is 9.59 Å². The Hall–Kier alpha value is -1.78. The maximum Gasteiger partial charge on any atom is 0.249 e. The first-order chi connectivity index (χ1) is 9.43. The van der Waals surface area contributed by atoms with Gasteiger partial charge in [-0.2, -0.15) is 0 Å². The van der Waals surface area contributed by atoms with Gasteiger partial charge in [0.15, 0.2) is 0 Å². The quantitative estimate of drug-likeness (QED) is 0.918. The van der Waals surface area contributed by atoms with Crippen LogP contribution in [0.5, 0.6) is 0 Å². The standard InChI is InChI=1S/C15H22N2O3/c1-5-15(6-2)14(19)17(9-13(18)16-15)11(4)12-8-7-10(3)20-12/h7-8,11H,5-6,9H2,1-4H3,(H,16,18). The zero-order valence-electron chi connectivity index (χ0n) is 12.5. The number of furan rings is 1. The molecule has 1 N–H and O–H groups in total. The van der Waals surface area contributed by atoms with Gasteiger partial charge in [0.1, 0.15) is 23.6 Å². The van der Waals surface area contributed by atoms with Crippen LogP contribution in [0.15, 0.2) is 16.5 Å². The van der Waals surface area contributed by atoms with Crippen molar-refractivity contribution in [2.24, 2.45) is 0 Å². The third kappa shape index (κ3) is 2.32. The topological polar surface area (TPSA) is 62.6 Å². The van der Waals surface area contributed by atoms with E-state index in [9.17, 15) is 9.59 Å². The minimum Gasteiger partial charge on any atom is -0.464 e. The lowest BCUT2D eigenvalue weighted by atomic mass is 9.88. The van der Waals surface area contributed by atoms with E-state index in [1.165, 1.54) is 0 Å². The molecule has 0 aliphatic carbocycles. The van der Waals surface area contributed by atoms with E-state index in [0.29, 0.717) is 18.6 Å². The molecule has 1 aliphatic rings. The lowest BCUT2D eigenvalue weighted by Gasteiger charge is -2.43. The van der Waals surface area contributed by atoms with Gasteiger partial charge in [-0.25, -0.2) is 0 Å². The zero-order valence-corrected chi connectivity index (χ0v) is 12.5. The number of aryl methyl sites for hydroxylation is 1. The molecule has 2 rings (SSSR count). The van der Waals surface area contributed by atoms with Gasteiger partial charge in [-0.3, -0.25) is 9.59 Å². The monoisotopic (exact) mass is 278 g/mol. The Bertz CT molecular complexity index is 517. The summed E-state index contributed by atoms with van der Waals surface area (Å²) in [5, 5.41) is 2.86. The summed E-state index contributed by atoms with van der Waals surface area (Å²) < 4.78 is 5.59. The Morgan fingerprint density at radius 2 is 2.00 bits per heavy atom. The maximum atomic E-state index is 12.7. The predicted molar refractivity (Wildman–Crippen MR) is 75.0 cm³/mol. The highest BCUT2D eigenvalue weighted by Gasteiger charge is 2.45. The van der Waals surface area contributed by atoms with Crippen LogP contribution in [0.25, 0.3) is 0 Å². The summed E-state index contributed by atoms with van der Waals surface area (Å²) in [5.74, 6) is 1.39. The van der Waals surface area contributed by atoms with Crippen molar-refractivity contribution >= 4 is 11.8 Å². The molecule has 5 heteroatoms. The van der Waals surface area contributed by atoms with Crippen molar-refractivity contribution in [2.45, 2.75) is 52.1 Å². The second-order valence-corrected chi connectivity index (χ2v) is 5.39. The number of hydrogen-bond acceptors (Lipinski definition) is 3. The summed E-state index contributed by atoms with van der Waals surface area (Å²) >= 11 is 0. The molecule has 0 saturated carbocycles. The summed E-state index contributed by atoms with van der Waals surface area (Å²) in [7, 11) is 0. The summed E-state index contributed by atoms with van der Waals surface area (Å²) in [4.78, 5) is 26.3. The van der Waals surface area contributed by atoms with Crippen molar-refractivity contribution < 1.29 is 14.0 Å². The minimum atomic E-state index is -0.773. The molecule has 1 aliphatic heterocycles. The molecule has 2 heterocycles. The summed E-state index contributed by atoms with van der Waals surface area (Å²) in [6, 6.07) is 3.49. The third-order valence-electron chi connectivity index (χ3n) is 4.21. The first-order valence-corrected chi connectivity index (χ1v) is 7.12. The largest absolute Gasteiger partial charge is 0.464 e. The number of rotatable bonds is 4. The summed E-state index contributed by atoms with van der Waals surface area (Å²) in [5.41, 5.74) is -0.773. The normalized spacial score (nSPS) is 19.9. The van der Waals surface area contributed by atoms with Gasteiger partial charge in [0.2, 0.25) is 11.8 Å². The molecular formula is C15H22N2O3. The van der Waals surface area contributed by atoms with E-state index in [1.807, 2.05) is 39.8 Å². The van der Waals surface area contributed by atoms with Crippen molar-refractivity contribution in [3.63, 3.8) is 0 Å². The van der Waals surface area contributed by atoms with Crippen LogP contribution < -0.4 is 5.32 Å². The van der Waals surface area contributed by atoms with Gasteiger partial charge >= 0.3 is 0 Å². The fourth-order valence-electron chi connectivity index (χ4n) is 2.73. The predicted octanol–water partition coefficient (Wildman–Crippen LogP) is 2.17. The van der Waals surface area contributed by atoms with Gasteiger partial charge < -0.3 is 14.6 Å². The Labute approximate surface area is 119 Å². The number of piperazine rings is 1. The Balaban J connectivity index is 2.30. The Kier molecular flexibility index (Phi) is 3.88. The van der Waals surface area contributed by atoms with Crippen LogP contribution in [0.2, 0.25) is 0 Å². The fraction of sp³-hybridized carbons (Fsp3) is 0.600. The van der Waals surface area contributed by atoms with Crippen LogP contribution in [0.4, 0.5) is 0 Å². The highest BCUT2D eigenvalue weighted by Crippen LogP contribution is 2.29. The number of hydrogen-bond donors (Lipinski definition) is 1. The van der Waals surface area contributed by atoms with Crippen molar-refractivity contribution in [1.82, 2.24) is 10.2 Å². The molecule has 1 aromatic rings. The summed E-state index contributed by atoms with van der Waals surface area (Å²) in [6.45, 7) is 7.69. The molecule has 2 amide bonds. The Morgan fingerprint density at radius 3 is 2.50 bits per heavy atom. The van der Waals surface area contributed by atoms with Crippen molar-refractivity contribution in [3.8, 4) is 0 Å². The van der Waals surface area contributed by atoms with Gasteiger partial charge in [0.25, 0.3) is 0 Å². The molecule has 1 atom stereocenters. The van der Waals surface area contributed by atoms with Crippen LogP contribution >= 0.6 is 0 Å². The summed E-state index contributed by atoms with van der Waals surface area (Å²) in [6.07, 6.45) is 1.18. The van der Waals surface area contributed by atoms with E-state index < -0.39 is 5.54 Å². The number of nitrogens with zero attached hydrogens (tertiary/aromatic N) is 1. The van der Waals surface area contributed by atoms with Crippen molar-refractivity contribution in [2.75, 3.05) is 6.54 Å². The third-order valence-corrected chi connectivity index (χ3v) is 4.21. The second kappa shape index (κ2) is 5.31. The molecule has 0 radical (unpaired) electrons. The smallest absolute Gasteiger partial charge is 0.249 e. The molecule has 5 nitrogen and oxygen atoms in total. The number of nitrogens with one attached hydrogen (secondary N) is 1. The molecule has 1 aromatic heterocycles. The van der Waals surface area contributed by atoms with E-state index in [0.717, 1.165) is 5.76 Å². The lowest BCUT2D eigenvalue weighted by molar-refractivity contribution is -0.153. The molecule has 1 unspecified atom stereocenters. The molecule has 1 saturated heterocycles. The first-order valence-electron chi connectivity index (χ1n) is 7.12. The number of carbonyl (C=O) groups is 2. The number of amides is 2. The number of carbonyl (C=O) groups excluding carboxylic acids is 2. The molecule has 110 valence electrons. The van der Waals surface area contributed by atoms with Crippen molar-refractivity contribution in [1.29, 1.82) is 0 Å².